The van der Waals surface area contributed by atoms with E-state index in [-0.39, 0.29) is 17.4 Å². The van der Waals surface area contributed by atoms with E-state index in [4.69, 9.17) is 0 Å². The van der Waals surface area contributed by atoms with Crippen LogP contribution in [0, 0.1) is 11.7 Å². The Morgan fingerprint density at radius 3 is 2.15 bits per heavy atom. The fourth-order valence-electron chi connectivity index (χ4n) is 2.27. The first-order chi connectivity index (χ1) is 12.7. The number of halogens is 1. The van der Waals surface area contributed by atoms with E-state index < -0.39 is 32.7 Å². The second-order valence-corrected chi connectivity index (χ2v) is 9.43. The van der Waals surface area contributed by atoms with Crippen LogP contribution in [-0.2, 0) is 19.4 Å². The fraction of sp³-hybridized carbons (Fsp3) is 0.333. The quantitative estimate of drug-likeness (QED) is 0.539. The van der Waals surface area contributed by atoms with Gasteiger partial charge in [-0.3, -0.25) is 9.59 Å². The largest absolute Gasteiger partial charge is 0.348 e. The average molecular weight is 413 g/mol. The van der Waals surface area contributed by atoms with Gasteiger partial charge in [0.05, 0.1) is 4.90 Å². The molecule has 2 rings (SSSR count). The van der Waals surface area contributed by atoms with Crippen LogP contribution in [-0.4, -0.2) is 33.3 Å². The minimum absolute atomic E-state index is 0.0548. The van der Waals surface area contributed by atoms with Gasteiger partial charge < -0.3 is 10.6 Å². The van der Waals surface area contributed by atoms with Gasteiger partial charge in [0.1, 0.15) is 11.1 Å². The van der Waals surface area contributed by atoms with Crippen LogP contribution < -0.4 is 10.6 Å². The van der Waals surface area contributed by atoms with Gasteiger partial charge >= 0.3 is 11.8 Å². The molecule has 2 N–H and O–H groups in total. The van der Waals surface area contributed by atoms with E-state index in [2.05, 4.69) is 10.6 Å². The molecule has 27 heavy (non-hydrogen) atoms. The Bertz CT molecular complexity index is 879. The molecule has 6 nitrogen and oxygen atoms in total. The van der Waals surface area contributed by atoms with E-state index in [1.807, 2.05) is 13.8 Å². The highest BCUT2D eigenvalue weighted by atomic mass is 32.2. The van der Waals surface area contributed by atoms with Crippen molar-refractivity contribution in [1.29, 1.82) is 0 Å². The van der Waals surface area contributed by atoms with Crippen molar-refractivity contribution in [3.05, 3.63) is 52.5 Å². The van der Waals surface area contributed by atoms with E-state index >= 15 is 0 Å². The Kier molecular flexibility index (Phi) is 7.09. The van der Waals surface area contributed by atoms with Gasteiger partial charge in [-0.25, -0.2) is 12.8 Å². The van der Waals surface area contributed by atoms with Crippen molar-refractivity contribution in [2.24, 2.45) is 5.92 Å². The molecule has 1 heterocycles. The number of hydrogen-bond donors (Lipinski definition) is 2. The summed E-state index contributed by atoms with van der Waals surface area (Å²) in [5, 5.41) is 5.50. The third-order valence-corrected chi connectivity index (χ3v) is 6.94. The molecule has 0 aliphatic rings. The van der Waals surface area contributed by atoms with Gasteiger partial charge in [-0.1, -0.05) is 19.9 Å². The molecule has 1 atom stereocenters. The number of hydrogen-bond acceptors (Lipinski definition) is 5. The summed E-state index contributed by atoms with van der Waals surface area (Å²) in [7, 11) is -3.89. The number of sulfone groups is 1. The molecular formula is C18H21FN2O4S2. The molecule has 0 spiro atoms. The molecule has 2 amide bonds. The zero-order valence-electron chi connectivity index (χ0n) is 14.9. The summed E-state index contributed by atoms with van der Waals surface area (Å²) < 4.78 is 39.1. The van der Waals surface area contributed by atoms with E-state index in [1.165, 1.54) is 23.5 Å². The number of nitrogens with one attached hydrogen (secondary N) is 2. The molecule has 146 valence electrons. The summed E-state index contributed by atoms with van der Waals surface area (Å²) >= 11 is 1.22. The Balaban J connectivity index is 2.17. The molecular weight excluding hydrogens is 391 g/mol. The Hall–Kier alpha value is -2.26. The first kappa shape index (κ1) is 21.0. The van der Waals surface area contributed by atoms with Crippen LogP contribution >= 0.6 is 11.3 Å². The third-order valence-electron chi connectivity index (χ3n) is 3.70. The second kappa shape index (κ2) is 9.09. The number of amides is 2. The molecule has 0 saturated carbocycles. The second-order valence-electron chi connectivity index (χ2n) is 6.32. The van der Waals surface area contributed by atoms with Crippen LogP contribution in [0.1, 0.15) is 24.0 Å². The van der Waals surface area contributed by atoms with Crippen LogP contribution in [0.25, 0.3) is 0 Å². The lowest BCUT2D eigenvalue weighted by Gasteiger charge is -2.17. The highest BCUT2D eigenvalue weighted by Crippen LogP contribution is 2.31. The summed E-state index contributed by atoms with van der Waals surface area (Å²) in [5.41, 5.74) is 0. The lowest BCUT2D eigenvalue weighted by atomic mass is 10.2. The van der Waals surface area contributed by atoms with Crippen molar-refractivity contribution in [1.82, 2.24) is 10.6 Å². The molecule has 0 saturated heterocycles. The third kappa shape index (κ3) is 5.61. The van der Waals surface area contributed by atoms with Crippen molar-refractivity contribution >= 4 is 33.0 Å². The summed E-state index contributed by atoms with van der Waals surface area (Å²) in [5.74, 6) is -2.07. The lowest BCUT2D eigenvalue weighted by Crippen LogP contribution is -2.43. The zero-order valence-corrected chi connectivity index (χ0v) is 16.6. The van der Waals surface area contributed by atoms with E-state index in [9.17, 15) is 22.4 Å². The highest BCUT2D eigenvalue weighted by molar-refractivity contribution is 7.91. The Morgan fingerprint density at radius 1 is 1.04 bits per heavy atom. The van der Waals surface area contributed by atoms with Gasteiger partial charge in [-0.2, -0.15) is 0 Å². The lowest BCUT2D eigenvalue weighted by molar-refractivity contribution is -0.139. The van der Waals surface area contributed by atoms with Gasteiger partial charge in [0, 0.05) is 18.0 Å². The van der Waals surface area contributed by atoms with Gasteiger partial charge in [-0.15, -0.1) is 11.3 Å². The number of thiophene rings is 1. The molecule has 0 aliphatic heterocycles. The van der Waals surface area contributed by atoms with Gasteiger partial charge in [0.2, 0.25) is 0 Å². The number of benzene rings is 1. The molecule has 0 radical (unpaired) electrons. The number of carbonyl (C=O) groups excluding carboxylic acids is 2. The minimum Gasteiger partial charge on any atom is -0.348 e. The van der Waals surface area contributed by atoms with Crippen molar-refractivity contribution < 1.29 is 22.4 Å². The predicted molar refractivity (Wildman–Crippen MR) is 102 cm³/mol. The Morgan fingerprint density at radius 2 is 1.63 bits per heavy atom. The monoisotopic (exact) mass is 412 g/mol. The molecule has 0 bridgehead atoms. The number of carbonyl (C=O) groups is 2. The normalized spacial score (nSPS) is 12.6. The fourth-order valence-corrected chi connectivity index (χ4v) is 5.05. The van der Waals surface area contributed by atoms with Gasteiger partial charge in [-0.05, 0) is 41.6 Å². The molecule has 2 aromatic rings. The maximum absolute atomic E-state index is 13.1. The van der Waals surface area contributed by atoms with Crippen LogP contribution in [0.2, 0.25) is 0 Å². The van der Waals surface area contributed by atoms with Crippen LogP contribution in [0.3, 0.4) is 0 Å². The van der Waals surface area contributed by atoms with Crippen LogP contribution in [0.15, 0.2) is 46.7 Å². The SMILES string of the molecule is CC(C)CNC(=O)C(=O)NCC(c1cccs1)S(=O)(=O)c1ccc(F)cc1. The van der Waals surface area contributed by atoms with Gasteiger partial charge in [0.25, 0.3) is 0 Å². The molecule has 1 aromatic heterocycles. The van der Waals surface area contributed by atoms with Crippen molar-refractivity contribution in [2.75, 3.05) is 13.1 Å². The minimum atomic E-state index is -3.89. The van der Waals surface area contributed by atoms with Crippen LogP contribution in [0.5, 0.6) is 0 Å². The smallest absolute Gasteiger partial charge is 0.309 e. The topological polar surface area (TPSA) is 92.3 Å². The highest BCUT2D eigenvalue weighted by Gasteiger charge is 2.31. The number of rotatable bonds is 7. The van der Waals surface area contributed by atoms with Crippen molar-refractivity contribution in [3.63, 3.8) is 0 Å². The summed E-state index contributed by atoms with van der Waals surface area (Å²) in [6.45, 7) is 3.85. The predicted octanol–water partition coefficient (Wildman–Crippen LogP) is 2.29. The van der Waals surface area contributed by atoms with Crippen LogP contribution in [0.4, 0.5) is 4.39 Å². The molecule has 1 aromatic carbocycles. The molecule has 9 heteroatoms. The van der Waals surface area contributed by atoms with E-state index in [1.54, 1.807) is 17.5 Å². The average Bonchev–Trinajstić information content (AvgIpc) is 3.14. The molecule has 0 aliphatic carbocycles. The molecule has 1 unspecified atom stereocenters. The van der Waals surface area contributed by atoms with E-state index in [0.717, 1.165) is 12.1 Å². The Labute approximate surface area is 161 Å². The summed E-state index contributed by atoms with van der Waals surface area (Å²) in [6, 6.07) is 7.84. The van der Waals surface area contributed by atoms with E-state index in [0.29, 0.717) is 11.4 Å². The van der Waals surface area contributed by atoms with Gasteiger partial charge in [0.15, 0.2) is 9.84 Å². The summed E-state index contributed by atoms with van der Waals surface area (Å²) in [6.07, 6.45) is 0. The maximum atomic E-state index is 13.1. The standard InChI is InChI=1S/C18H21FN2O4S2/c1-12(2)10-20-17(22)18(23)21-11-16(15-4-3-9-26-15)27(24,25)14-7-5-13(19)6-8-14/h3-9,12,16H,10-11H2,1-2H3,(H,20,22)(H,21,23). The first-order valence-electron chi connectivity index (χ1n) is 8.30. The maximum Gasteiger partial charge on any atom is 0.309 e. The molecule has 0 fully saturated rings. The first-order valence-corrected chi connectivity index (χ1v) is 10.7. The van der Waals surface area contributed by atoms with Crippen molar-refractivity contribution in [2.45, 2.75) is 24.0 Å². The zero-order chi connectivity index (χ0) is 20.0. The summed E-state index contributed by atoms with van der Waals surface area (Å²) in [4.78, 5) is 24.2. The van der Waals surface area contributed by atoms with Crippen molar-refractivity contribution in [3.8, 4) is 0 Å².